The Balaban J connectivity index is 2.57. The second kappa shape index (κ2) is 6.96. The van der Waals surface area contributed by atoms with Crippen LogP contribution >= 0.6 is 15.9 Å². The summed E-state index contributed by atoms with van der Waals surface area (Å²) in [5.74, 6) is 1.62. The number of ether oxygens (including phenoxy) is 2. The predicted octanol–water partition coefficient (Wildman–Crippen LogP) is 4.08. The van der Waals surface area contributed by atoms with Gasteiger partial charge in [0.2, 0.25) is 0 Å². The molecule has 0 fully saturated rings. The van der Waals surface area contributed by atoms with Crippen LogP contribution in [0.1, 0.15) is 22.7 Å². The number of nitrogens with one attached hydrogen (secondary N) is 1. The summed E-state index contributed by atoms with van der Waals surface area (Å²) in [5.41, 5.74) is 3.36. The number of halogens is 1. The molecule has 2 aromatic carbocycles. The zero-order chi connectivity index (χ0) is 15.4. The van der Waals surface area contributed by atoms with Gasteiger partial charge < -0.3 is 14.8 Å². The van der Waals surface area contributed by atoms with Gasteiger partial charge in [0.1, 0.15) is 11.5 Å². The van der Waals surface area contributed by atoms with Crippen molar-refractivity contribution in [3.05, 3.63) is 57.6 Å². The van der Waals surface area contributed by atoms with Crippen molar-refractivity contribution in [2.75, 3.05) is 21.3 Å². The fraction of sp³-hybridized carbons (Fsp3) is 0.294. The van der Waals surface area contributed by atoms with Crippen molar-refractivity contribution in [2.45, 2.75) is 13.0 Å². The van der Waals surface area contributed by atoms with Gasteiger partial charge in [-0.2, -0.15) is 0 Å². The van der Waals surface area contributed by atoms with Gasteiger partial charge in [0.15, 0.2) is 0 Å². The van der Waals surface area contributed by atoms with E-state index in [0.29, 0.717) is 0 Å². The van der Waals surface area contributed by atoms with E-state index in [-0.39, 0.29) is 6.04 Å². The fourth-order valence-electron chi connectivity index (χ4n) is 2.43. The highest BCUT2D eigenvalue weighted by Gasteiger charge is 2.21. The molecule has 0 aliphatic rings. The molecule has 0 heterocycles. The molecular weight excluding hydrogens is 330 g/mol. The van der Waals surface area contributed by atoms with Gasteiger partial charge in [0.05, 0.1) is 25.8 Å². The van der Waals surface area contributed by atoms with E-state index < -0.39 is 0 Å². The van der Waals surface area contributed by atoms with Gasteiger partial charge >= 0.3 is 0 Å². The first-order valence-electron chi connectivity index (χ1n) is 6.76. The van der Waals surface area contributed by atoms with Gasteiger partial charge in [0.25, 0.3) is 0 Å². The average Bonchev–Trinajstić information content (AvgIpc) is 2.51. The number of benzene rings is 2. The van der Waals surface area contributed by atoms with Crippen molar-refractivity contribution in [3.8, 4) is 11.5 Å². The first kappa shape index (κ1) is 15.9. The third-order valence-electron chi connectivity index (χ3n) is 3.57. The van der Waals surface area contributed by atoms with E-state index in [1.807, 2.05) is 25.2 Å². The predicted molar refractivity (Wildman–Crippen MR) is 89.3 cm³/mol. The summed E-state index contributed by atoms with van der Waals surface area (Å²) in [4.78, 5) is 0. The summed E-state index contributed by atoms with van der Waals surface area (Å²) in [5, 5.41) is 3.35. The maximum Gasteiger partial charge on any atom is 0.127 e. The van der Waals surface area contributed by atoms with E-state index >= 15 is 0 Å². The molecule has 0 amide bonds. The van der Waals surface area contributed by atoms with Crippen LogP contribution in [-0.4, -0.2) is 21.3 Å². The normalized spacial score (nSPS) is 12.0. The van der Waals surface area contributed by atoms with E-state index in [0.717, 1.165) is 27.1 Å². The van der Waals surface area contributed by atoms with Crippen molar-refractivity contribution < 1.29 is 9.47 Å². The molecule has 2 aromatic rings. The second-order valence-electron chi connectivity index (χ2n) is 4.81. The Kier molecular flexibility index (Phi) is 5.26. The standard InChI is InChI=1S/C17H20BrNO2/c1-11-8-9-12(10-13(11)18)17(19-2)16-14(20-3)6-5-7-15(16)21-4/h5-10,17,19H,1-4H3. The Morgan fingerprint density at radius 2 is 1.67 bits per heavy atom. The third-order valence-corrected chi connectivity index (χ3v) is 4.43. The summed E-state index contributed by atoms with van der Waals surface area (Å²) in [6.07, 6.45) is 0. The minimum absolute atomic E-state index is 0.00648. The molecule has 0 bridgehead atoms. The van der Waals surface area contributed by atoms with Crippen LogP contribution in [-0.2, 0) is 0 Å². The molecule has 0 spiro atoms. The molecule has 0 radical (unpaired) electrons. The number of aryl methyl sites for hydroxylation is 1. The van der Waals surface area contributed by atoms with Gasteiger partial charge in [0, 0.05) is 4.47 Å². The van der Waals surface area contributed by atoms with Crippen molar-refractivity contribution in [1.29, 1.82) is 0 Å². The van der Waals surface area contributed by atoms with Crippen LogP contribution < -0.4 is 14.8 Å². The van der Waals surface area contributed by atoms with Crippen molar-refractivity contribution in [1.82, 2.24) is 5.32 Å². The molecule has 1 N–H and O–H groups in total. The van der Waals surface area contributed by atoms with Gasteiger partial charge in [-0.15, -0.1) is 0 Å². The Morgan fingerprint density at radius 1 is 1.05 bits per heavy atom. The van der Waals surface area contributed by atoms with Crippen LogP contribution in [0.25, 0.3) is 0 Å². The van der Waals surface area contributed by atoms with Crippen LogP contribution in [0.4, 0.5) is 0 Å². The molecule has 0 aliphatic heterocycles. The molecule has 0 saturated carbocycles. The van der Waals surface area contributed by atoms with Crippen molar-refractivity contribution >= 4 is 15.9 Å². The highest BCUT2D eigenvalue weighted by molar-refractivity contribution is 9.10. The van der Waals surface area contributed by atoms with Crippen LogP contribution in [0, 0.1) is 6.92 Å². The SMILES string of the molecule is CNC(c1ccc(C)c(Br)c1)c1c(OC)cccc1OC. The molecule has 3 nitrogen and oxygen atoms in total. The highest BCUT2D eigenvalue weighted by atomic mass is 79.9. The molecular formula is C17H20BrNO2. The fourth-order valence-corrected chi connectivity index (χ4v) is 2.83. The first-order chi connectivity index (χ1) is 10.1. The summed E-state index contributed by atoms with van der Waals surface area (Å²) in [7, 11) is 5.29. The largest absolute Gasteiger partial charge is 0.496 e. The third kappa shape index (κ3) is 3.22. The van der Waals surface area contributed by atoms with E-state index in [9.17, 15) is 0 Å². The maximum atomic E-state index is 5.51. The average molecular weight is 350 g/mol. The summed E-state index contributed by atoms with van der Waals surface area (Å²) in [6.45, 7) is 2.08. The Morgan fingerprint density at radius 3 is 2.14 bits per heavy atom. The first-order valence-corrected chi connectivity index (χ1v) is 7.55. The molecule has 21 heavy (non-hydrogen) atoms. The Bertz CT molecular complexity index is 606. The Hall–Kier alpha value is -1.52. The lowest BCUT2D eigenvalue weighted by Gasteiger charge is -2.22. The molecule has 0 aliphatic carbocycles. The van der Waals surface area contributed by atoms with Gasteiger partial charge in [-0.1, -0.05) is 34.1 Å². The molecule has 0 aromatic heterocycles. The van der Waals surface area contributed by atoms with Crippen molar-refractivity contribution in [3.63, 3.8) is 0 Å². The van der Waals surface area contributed by atoms with Gasteiger partial charge in [-0.25, -0.2) is 0 Å². The smallest absolute Gasteiger partial charge is 0.127 e. The molecule has 1 atom stereocenters. The van der Waals surface area contributed by atoms with Crippen LogP contribution in [0.2, 0.25) is 0 Å². The van der Waals surface area contributed by atoms with E-state index in [1.165, 1.54) is 5.56 Å². The number of hydrogen-bond acceptors (Lipinski definition) is 3. The van der Waals surface area contributed by atoms with Gasteiger partial charge in [-0.05, 0) is 43.3 Å². The lowest BCUT2D eigenvalue weighted by atomic mass is 9.96. The Labute approximate surface area is 134 Å². The summed E-state index contributed by atoms with van der Waals surface area (Å²) < 4.78 is 12.1. The number of methoxy groups -OCH3 is 2. The lowest BCUT2D eigenvalue weighted by molar-refractivity contribution is 0.379. The molecule has 0 saturated heterocycles. The topological polar surface area (TPSA) is 30.5 Å². The highest BCUT2D eigenvalue weighted by Crippen LogP contribution is 2.38. The van der Waals surface area contributed by atoms with Crippen LogP contribution in [0.3, 0.4) is 0 Å². The minimum atomic E-state index is -0.00648. The summed E-state index contributed by atoms with van der Waals surface area (Å²) in [6, 6.07) is 12.2. The lowest BCUT2D eigenvalue weighted by Crippen LogP contribution is -2.19. The zero-order valence-electron chi connectivity index (χ0n) is 12.7. The molecule has 4 heteroatoms. The quantitative estimate of drug-likeness (QED) is 0.881. The molecule has 1 unspecified atom stereocenters. The maximum absolute atomic E-state index is 5.51. The number of rotatable bonds is 5. The van der Waals surface area contributed by atoms with Crippen LogP contribution in [0.5, 0.6) is 11.5 Å². The van der Waals surface area contributed by atoms with Gasteiger partial charge in [-0.3, -0.25) is 0 Å². The minimum Gasteiger partial charge on any atom is -0.496 e. The summed E-state index contributed by atoms with van der Waals surface area (Å²) >= 11 is 3.60. The monoisotopic (exact) mass is 349 g/mol. The zero-order valence-corrected chi connectivity index (χ0v) is 14.3. The van der Waals surface area contributed by atoms with Crippen LogP contribution in [0.15, 0.2) is 40.9 Å². The number of hydrogen-bond donors (Lipinski definition) is 1. The molecule has 2 rings (SSSR count). The van der Waals surface area contributed by atoms with Crippen molar-refractivity contribution in [2.24, 2.45) is 0 Å². The van der Waals surface area contributed by atoms with E-state index in [2.05, 4.69) is 46.4 Å². The van der Waals surface area contributed by atoms with E-state index in [1.54, 1.807) is 14.2 Å². The second-order valence-corrected chi connectivity index (χ2v) is 5.66. The molecule has 112 valence electrons. The van der Waals surface area contributed by atoms with E-state index in [4.69, 9.17) is 9.47 Å².